The molecule has 2 rings (SSSR count). The van der Waals surface area contributed by atoms with Gasteiger partial charge in [0.15, 0.2) is 0 Å². The van der Waals surface area contributed by atoms with Gasteiger partial charge >= 0.3 is 0 Å². The molecule has 3 nitrogen and oxygen atoms in total. The number of nitrogens with one attached hydrogen (secondary N) is 1. The molecule has 0 aliphatic rings. The summed E-state index contributed by atoms with van der Waals surface area (Å²) in [5.74, 6) is 0. The van der Waals surface area contributed by atoms with E-state index in [0.29, 0.717) is 0 Å². The zero-order valence-electron chi connectivity index (χ0n) is 11.3. The Morgan fingerprint density at radius 1 is 0.889 bits per heavy atom. The quantitative estimate of drug-likeness (QED) is 0.706. The van der Waals surface area contributed by atoms with Gasteiger partial charge in [-0.15, -0.1) is 0 Å². The molecule has 0 aliphatic carbocycles. The SMILES string of the molecule is CCCCCCCCCc1ccc2n[nH]nc2c1. The molecule has 0 atom stereocenters. The summed E-state index contributed by atoms with van der Waals surface area (Å²) in [6.45, 7) is 2.26. The third kappa shape index (κ3) is 3.83. The summed E-state index contributed by atoms with van der Waals surface area (Å²) in [6.07, 6.45) is 10.7. The van der Waals surface area contributed by atoms with Crippen molar-refractivity contribution in [2.24, 2.45) is 0 Å². The fourth-order valence-corrected chi connectivity index (χ4v) is 2.33. The van der Waals surface area contributed by atoms with Crippen LogP contribution < -0.4 is 0 Å². The summed E-state index contributed by atoms with van der Waals surface area (Å²) in [4.78, 5) is 0. The predicted octanol–water partition coefficient (Wildman–Crippen LogP) is 4.25. The maximum absolute atomic E-state index is 4.12. The van der Waals surface area contributed by atoms with Crippen LogP contribution in [0.5, 0.6) is 0 Å². The number of aromatic nitrogens is 3. The fourth-order valence-electron chi connectivity index (χ4n) is 2.33. The highest BCUT2D eigenvalue weighted by Crippen LogP contribution is 2.14. The van der Waals surface area contributed by atoms with Crippen LogP contribution in [-0.4, -0.2) is 15.4 Å². The van der Waals surface area contributed by atoms with Gasteiger partial charge in [-0.25, -0.2) is 0 Å². The molecule has 98 valence electrons. The topological polar surface area (TPSA) is 41.6 Å². The minimum absolute atomic E-state index is 0.957. The Kier molecular flexibility index (Phi) is 5.18. The van der Waals surface area contributed by atoms with Gasteiger partial charge in [0.25, 0.3) is 0 Å². The Bertz CT molecular complexity index is 461. The Hall–Kier alpha value is -1.38. The van der Waals surface area contributed by atoms with Gasteiger partial charge in [-0.3, -0.25) is 0 Å². The molecule has 3 heteroatoms. The van der Waals surface area contributed by atoms with Gasteiger partial charge in [0, 0.05) is 0 Å². The van der Waals surface area contributed by atoms with Crippen LogP contribution in [0.2, 0.25) is 0 Å². The number of hydrogen-bond acceptors (Lipinski definition) is 2. The van der Waals surface area contributed by atoms with E-state index < -0.39 is 0 Å². The molecule has 1 N–H and O–H groups in total. The normalized spacial score (nSPS) is 11.2. The first-order chi connectivity index (χ1) is 8.90. The van der Waals surface area contributed by atoms with E-state index in [-0.39, 0.29) is 0 Å². The largest absolute Gasteiger partial charge is 0.197 e. The highest BCUT2D eigenvalue weighted by Gasteiger charge is 1.99. The molecule has 2 aromatic rings. The molecule has 0 fully saturated rings. The van der Waals surface area contributed by atoms with E-state index in [0.717, 1.165) is 17.5 Å². The average molecular weight is 245 g/mol. The number of unbranched alkanes of at least 4 members (excludes halogenated alkanes) is 6. The van der Waals surface area contributed by atoms with Crippen LogP contribution in [0.4, 0.5) is 0 Å². The lowest BCUT2D eigenvalue weighted by molar-refractivity contribution is 0.589. The molecule has 0 amide bonds. The van der Waals surface area contributed by atoms with Crippen LogP contribution in [0.25, 0.3) is 11.0 Å². The molecule has 1 aromatic carbocycles. The van der Waals surface area contributed by atoms with Crippen molar-refractivity contribution in [3.63, 3.8) is 0 Å². The van der Waals surface area contributed by atoms with E-state index >= 15 is 0 Å². The van der Waals surface area contributed by atoms with E-state index in [2.05, 4.69) is 40.5 Å². The fraction of sp³-hybridized carbons (Fsp3) is 0.600. The van der Waals surface area contributed by atoms with Gasteiger partial charge in [-0.2, -0.15) is 15.4 Å². The molecule has 0 saturated carbocycles. The zero-order valence-corrected chi connectivity index (χ0v) is 11.3. The first-order valence-electron chi connectivity index (χ1n) is 7.19. The Balaban J connectivity index is 1.67. The summed E-state index contributed by atoms with van der Waals surface area (Å²) < 4.78 is 0. The molecular formula is C15H23N3. The summed E-state index contributed by atoms with van der Waals surface area (Å²) in [5, 5.41) is 10.8. The molecule has 18 heavy (non-hydrogen) atoms. The average Bonchev–Trinajstić information content (AvgIpc) is 2.85. The lowest BCUT2D eigenvalue weighted by atomic mass is 10.0. The van der Waals surface area contributed by atoms with Crippen LogP contribution >= 0.6 is 0 Å². The van der Waals surface area contributed by atoms with Crippen LogP contribution in [-0.2, 0) is 6.42 Å². The number of fused-ring (bicyclic) bond motifs is 1. The Morgan fingerprint density at radius 3 is 2.44 bits per heavy atom. The number of H-pyrrole nitrogens is 1. The zero-order chi connectivity index (χ0) is 12.6. The number of nitrogens with zero attached hydrogens (tertiary/aromatic N) is 2. The van der Waals surface area contributed by atoms with Gasteiger partial charge in [-0.05, 0) is 30.5 Å². The standard InChI is InChI=1S/C15H23N3/c1-2-3-4-5-6-7-8-9-13-10-11-14-15(12-13)17-18-16-14/h10-12H,2-9H2,1H3,(H,16,17,18). The molecule has 0 saturated heterocycles. The lowest BCUT2D eigenvalue weighted by Gasteiger charge is -2.02. The van der Waals surface area contributed by atoms with E-state index in [1.807, 2.05) is 0 Å². The van der Waals surface area contributed by atoms with Crippen molar-refractivity contribution in [2.45, 2.75) is 58.3 Å². The highest BCUT2D eigenvalue weighted by atomic mass is 15.3. The van der Waals surface area contributed by atoms with Gasteiger partial charge in [-0.1, -0.05) is 51.5 Å². The smallest absolute Gasteiger partial charge is 0.113 e. The molecule has 0 bridgehead atoms. The molecular weight excluding hydrogens is 222 g/mol. The molecule has 0 aliphatic heterocycles. The van der Waals surface area contributed by atoms with Crippen molar-refractivity contribution >= 4 is 11.0 Å². The second-order valence-corrected chi connectivity index (χ2v) is 5.02. The number of aryl methyl sites for hydroxylation is 1. The van der Waals surface area contributed by atoms with Crippen LogP contribution in [0, 0.1) is 0 Å². The number of benzene rings is 1. The van der Waals surface area contributed by atoms with Gasteiger partial charge in [0.2, 0.25) is 0 Å². The van der Waals surface area contributed by atoms with E-state index in [1.165, 1.54) is 50.5 Å². The Morgan fingerprint density at radius 2 is 1.61 bits per heavy atom. The minimum atomic E-state index is 0.957. The summed E-state index contributed by atoms with van der Waals surface area (Å²) in [5.41, 5.74) is 3.32. The molecule has 0 spiro atoms. The van der Waals surface area contributed by atoms with Crippen molar-refractivity contribution in [2.75, 3.05) is 0 Å². The molecule has 1 heterocycles. The molecule has 1 aromatic heterocycles. The summed E-state index contributed by atoms with van der Waals surface area (Å²) in [6, 6.07) is 6.37. The molecule has 0 unspecified atom stereocenters. The van der Waals surface area contributed by atoms with Crippen LogP contribution in [0.3, 0.4) is 0 Å². The number of hydrogen-bond donors (Lipinski definition) is 1. The Labute approximate surface area is 109 Å². The van der Waals surface area contributed by atoms with E-state index in [4.69, 9.17) is 0 Å². The van der Waals surface area contributed by atoms with Gasteiger partial charge in [0.05, 0.1) is 0 Å². The second-order valence-electron chi connectivity index (χ2n) is 5.02. The highest BCUT2D eigenvalue weighted by molar-refractivity contribution is 5.74. The van der Waals surface area contributed by atoms with Gasteiger partial charge < -0.3 is 0 Å². The minimum Gasteiger partial charge on any atom is -0.197 e. The summed E-state index contributed by atoms with van der Waals surface area (Å²) >= 11 is 0. The summed E-state index contributed by atoms with van der Waals surface area (Å²) in [7, 11) is 0. The van der Waals surface area contributed by atoms with Crippen molar-refractivity contribution in [3.8, 4) is 0 Å². The lowest BCUT2D eigenvalue weighted by Crippen LogP contribution is -1.86. The van der Waals surface area contributed by atoms with Crippen molar-refractivity contribution in [3.05, 3.63) is 23.8 Å². The second kappa shape index (κ2) is 7.14. The van der Waals surface area contributed by atoms with Crippen molar-refractivity contribution < 1.29 is 0 Å². The maximum Gasteiger partial charge on any atom is 0.113 e. The van der Waals surface area contributed by atoms with Crippen LogP contribution in [0.1, 0.15) is 57.4 Å². The first-order valence-corrected chi connectivity index (χ1v) is 7.19. The van der Waals surface area contributed by atoms with Crippen molar-refractivity contribution in [1.82, 2.24) is 15.4 Å². The third-order valence-corrected chi connectivity index (χ3v) is 3.45. The monoisotopic (exact) mass is 245 g/mol. The van der Waals surface area contributed by atoms with Crippen LogP contribution in [0.15, 0.2) is 18.2 Å². The maximum atomic E-state index is 4.12. The van der Waals surface area contributed by atoms with Gasteiger partial charge in [0.1, 0.15) is 11.0 Å². The first kappa shape index (κ1) is 13.1. The van der Waals surface area contributed by atoms with E-state index in [1.54, 1.807) is 0 Å². The molecule has 0 radical (unpaired) electrons. The number of aromatic amines is 1. The third-order valence-electron chi connectivity index (χ3n) is 3.45. The predicted molar refractivity (Wildman–Crippen MR) is 75.6 cm³/mol. The number of rotatable bonds is 8. The van der Waals surface area contributed by atoms with E-state index in [9.17, 15) is 0 Å². The van der Waals surface area contributed by atoms with Crippen molar-refractivity contribution in [1.29, 1.82) is 0 Å².